The van der Waals surface area contributed by atoms with Gasteiger partial charge >= 0.3 is 5.97 Å². The van der Waals surface area contributed by atoms with E-state index < -0.39 is 5.97 Å². The summed E-state index contributed by atoms with van der Waals surface area (Å²) in [5.74, 6) is -0.693. The number of carboxylic acid groups (broad SMARTS) is 1. The van der Waals surface area contributed by atoms with Crippen molar-refractivity contribution in [2.24, 2.45) is 11.8 Å². The first-order valence-corrected chi connectivity index (χ1v) is 7.44. The molecule has 0 fully saturated rings. The number of benzene rings is 1. The molecule has 1 rings (SSSR count). The molecule has 0 heterocycles. The van der Waals surface area contributed by atoms with Gasteiger partial charge in [0.15, 0.2) is 0 Å². The summed E-state index contributed by atoms with van der Waals surface area (Å²) in [5, 5.41) is 13.0. The Morgan fingerprint density at radius 2 is 2.16 bits per heavy atom. The molecular formula is C14H19BrClNO2. The molecule has 0 aromatic heterocycles. The number of nitrogens with one attached hydrogen (secondary N) is 1. The molecule has 5 heteroatoms. The van der Waals surface area contributed by atoms with Crippen molar-refractivity contribution in [3.8, 4) is 0 Å². The Kier molecular flexibility index (Phi) is 6.83. The zero-order valence-electron chi connectivity index (χ0n) is 11.1. The van der Waals surface area contributed by atoms with Gasteiger partial charge in [0, 0.05) is 17.6 Å². The molecule has 1 atom stereocenters. The van der Waals surface area contributed by atoms with Crippen molar-refractivity contribution in [2.75, 3.05) is 6.54 Å². The van der Waals surface area contributed by atoms with Crippen LogP contribution < -0.4 is 5.32 Å². The quantitative estimate of drug-likeness (QED) is 0.784. The molecule has 0 aliphatic heterocycles. The standard InChI is InChI=1S/C14H19BrClNO2/c1-9(2)5-11(14(18)19)8-17-7-10-3-4-13(16)12(15)6-10/h3-4,6,9,11,17H,5,7-8H2,1-2H3,(H,18,19). The summed E-state index contributed by atoms with van der Waals surface area (Å²) in [6.45, 7) is 5.18. The molecule has 0 saturated heterocycles. The molecule has 0 radical (unpaired) electrons. The van der Waals surface area contributed by atoms with Gasteiger partial charge in [-0.2, -0.15) is 0 Å². The lowest BCUT2D eigenvalue weighted by atomic mass is 9.97. The summed E-state index contributed by atoms with van der Waals surface area (Å²) < 4.78 is 0.852. The molecule has 0 amide bonds. The zero-order valence-corrected chi connectivity index (χ0v) is 13.5. The first-order chi connectivity index (χ1) is 8.90. The van der Waals surface area contributed by atoms with Crippen LogP contribution in [0, 0.1) is 11.8 Å². The summed E-state index contributed by atoms with van der Waals surface area (Å²) in [4.78, 5) is 11.1. The highest BCUT2D eigenvalue weighted by molar-refractivity contribution is 9.10. The highest BCUT2D eigenvalue weighted by Crippen LogP contribution is 2.23. The van der Waals surface area contributed by atoms with Gasteiger partial charge < -0.3 is 10.4 Å². The molecule has 2 N–H and O–H groups in total. The van der Waals surface area contributed by atoms with E-state index in [1.54, 1.807) is 0 Å². The Morgan fingerprint density at radius 3 is 2.68 bits per heavy atom. The molecule has 1 aromatic carbocycles. The number of carboxylic acids is 1. The minimum absolute atomic E-state index is 0.337. The number of carbonyl (C=O) groups is 1. The van der Waals surface area contributed by atoms with Gasteiger partial charge in [-0.1, -0.05) is 31.5 Å². The van der Waals surface area contributed by atoms with E-state index >= 15 is 0 Å². The van der Waals surface area contributed by atoms with E-state index in [9.17, 15) is 4.79 Å². The minimum Gasteiger partial charge on any atom is -0.481 e. The van der Waals surface area contributed by atoms with Gasteiger partial charge in [-0.25, -0.2) is 0 Å². The molecule has 0 spiro atoms. The summed E-state index contributed by atoms with van der Waals surface area (Å²) in [7, 11) is 0. The number of halogens is 2. The van der Waals surface area contributed by atoms with Crippen molar-refractivity contribution >= 4 is 33.5 Å². The average Bonchev–Trinajstić information content (AvgIpc) is 2.31. The van der Waals surface area contributed by atoms with E-state index in [4.69, 9.17) is 16.7 Å². The third-order valence-electron chi connectivity index (χ3n) is 2.81. The Balaban J connectivity index is 2.47. The Bertz CT molecular complexity index is 437. The molecule has 1 unspecified atom stereocenters. The maximum atomic E-state index is 11.1. The van der Waals surface area contributed by atoms with Gasteiger partial charge in [0.1, 0.15) is 0 Å². The SMILES string of the molecule is CC(C)CC(CNCc1ccc(Cl)c(Br)c1)C(=O)O. The van der Waals surface area contributed by atoms with Gasteiger partial charge in [0.25, 0.3) is 0 Å². The van der Waals surface area contributed by atoms with E-state index in [2.05, 4.69) is 21.2 Å². The van der Waals surface area contributed by atoms with Gasteiger partial charge in [-0.3, -0.25) is 4.79 Å². The fourth-order valence-corrected chi connectivity index (χ4v) is 2.42. The van der Waals surface area contributed by atoms with Crippen molar-refractivity contribution < 1.29 is 9.90 Å². The van der Waals surface area contributed by atoms with Gasteiger partial charge in [0.2, 0.25) is 0 Å². The zero-order chi connectivity index (χ0) is 14.4. The van der Waals surface area contributed by atoms with Crippen LogP contribution in [0.5, 0.6) is 0 Å². The third-order valence-corrected chi connectivity index (χ3v) is 4.02. The lowest BCUT2D eigenvalue weighted by Gasteiger charge is -2.15. The molecule has 0 saturated carbocycles. The van der Waals surface area contributed by atoms with Gasteiger partial charge in [-0.05, 0) is 46.0 Å². The molecule has 0 bridgehead atoms. The van der Waals surface area contributed by atoms with E-state index in [1.807, 2.05) is 32.0 Å². The van der Waals surface area contributed by atoms with Crippen LogP contribution in [-0.4, -0.2) is 17.6 Å². The molecule has 1 aromatic rings. The largest absolute Gasteiger partial charge is 0.481 e. The van der Waals surface area contributed by atoms with Crippen LogP contribution in [0.2, 0.25) is 5.02 Å². The van der Waals surface area contributed by atoms with Crippen molar-refractivity contribution in [2.45, 2.75) is 26.8 Å². The number of hydrogen-bond donors (Lipinski definition) is 2. The van der Waals surface area contributed by atoms with Crippen molar-refractivity contribution in [3.63, 3.8) is 0 Å². The van der Waals surface area contributed by atoms with E-state index in [-0.39, 0.29) is 5.92 Å². The van der Waals surface area contributed by atoms with Crippen molar-refractivity contribution in [3.05, 3.63) is 33.3 Å². The first kappa shape index (κ1) is 16.5. The van der Waals surface area contributed by atoms with Crippen LogP contribution in [0.3, 0.4) is 0 Å². The summed E-state index contributed by atoms with van der Waals surface area (Å²) in [5.41, 5.74) is 1.07. The minimum atomic E-state index is -0.738. The van der Waals surface area contributed by atoms with Gasteiger partial charge in [0.05, 0.1) is 10.9 Å². The molecule has 3 nitrogen and oxygen atoms in total. The molecule has 0 aliphatic carbocycles. The number of rotatable bonds is 7. The highest BCUT2D eigenvalue weighted by atomic mass is 79.9. The van der Waals surface area contributed by atoms with Crippen molar-refractivity contribution in [1.82, 2.24) is 5.32 Å². The second-order valence-corrected chi connectivity index (χ2v) is 6.31. The summed E-state index contributed by atoms with van der Waals surface area (Å²) in [6.07, 6.45) is 0.687. The van der Waals surface area contributed by atoms with Crippen LogP contribution in [0.25, 0.3) is 0 Å². The first-order valence-electron chi connectivity index (χ1n) is 6.27. The van der Waals surface area contributed by atoms with Crippen LogP contribution >= 0.6 is 27.5 Å². The third kappa shape index (κ3) is 5.93. The summed E-state index contributed by atoms with van der Waals surface area (Å²) >= 11 is 9.29. The van der Waals surface area contributed by atoms with E-state index in [0.29, 0.717) is 30.5 Å². The van der Waals surface area contributed by atoms with Crippen LogP contribution in [-0.2, 0) is 11.3 Å². The van der Waals surface area contributed by atoms with E-state index in [1.165, 1.54) is 0 Å². The monoisotopic (exact) mass is 347 g/mol. The predicted molar refractivity (Wildman–Crippen MR) is 81.4 cm³/mol. The van der Waals surface area contributed by atoms with Gasteiger partial charge in [-0.15, -0.1) is 0 Å². The highest BCUT2D eigenvalue weighted by Gasteiger charge is 2.18. The maximum Gasteiger partial charge on any atom is 0.307 e. The fourth-order valence-electron chi connectivity index (χ4n) is 1.88. The number of aliphatic carboxylic acids is 1. The van der Waals surface area contributed by atoms with Crippen LogP contribution in [0.4, 0.5) is 0 Å². The number of hydrogen-bond acceptors (Lipinski definition) is 2. The maximum absolute atomic E-state index is 11.1. The lowest BCUT2D eigenvalue weighted by molar-refractivity contribution is -0.142. The summed E-state index contributed by atoms with van der Waals surface area (Å²) in [6, 6.07) is 5.69. The Labute approximate surface area is 127 Å². The predicted octanol–water partition coefficient (Wildman–Crippen LogP) is 3.94. The van der Waals surface area contributed by atoms with Crippen LogP contribution in [0.1, 0.15) is 25.8 Å². The van der Waals surface area contributed by atoms with Crippen molar-refractivity contribution in [1.29, 1.82) is 0 Å². The smallest absolute Gasteiger partial charge is 0.307 e. The second kappa shape index (κ2) is 7.88. The lowest BCUT2D eigenvalue weighted by Crippen LogP contribution is -2.29. The molecule has 0 aliphatic rings. The normalized spacial score (nSPS) is 12.7. The molecular weight excluding hydrogens is 330 g/mol. The topological polar surface area (TPSA) is 49.3 Å². The van der Waals surface area contributed by atoms with Crippen LogP contribution in [0.15, 0.2) is 22.7 Å². The molecule has 19 heavy (non-hydrogen) atoms. The fraction of sp³-hybridized carbons (Fsp3) is 0.500. The average molecular weight is 349 g/mol. The Morgan fingerprint density at radius 1 is 1.47 bits per heavy atom. The molecule has 106 valence electrons. The Hall–Kier alpha value is -0.580. The second-order valence-electron chi connectivity index (χ2n) is 5.04. The van der Waals surface area contributed by atoms with E-state index in [0.717, 1.165) is 10.0 Å².